The summed E-state index contributed by atoms with van der Waals surface area (Å²) in [5.41, 5.74) is 5.60. The van der Waals surface area contributed by atoms with E-state index in [1.54, 1.807) is 0 Å². The van der Waals surface area contributed by atoms with Crippen molar-refractivity contribution in [2.24, 2.45) is 5.73 Å². The van der Waals surface area contributed by atoms with Crippen molar-refractivity contribution < 1.29 is 0 Å². The second kappa shape index (κ2) is 6.80. The molecule has 15 heavy (non-hydrogen) atoms. The van der Waals surface area contributed by atoms with E-state index < -0.39 is 0 Å². The minimum atomic E-state index is 0.659. The SMILES string of the molecule is CCCCN(CCN)c1ncccc1Br. The van der Waals surface area contributed by atoms with Crippen LogP contribution in [-0.4, -0.2) is 24.6 Å². The summed E-state index contributed by atoms with van der Waals surface area (Å²) < 4.78 is 1.04. The second-order valence-electron chi connectivity index (χ2n) is 3.44. The van der Waals surface area contributed by atoms with E-state index in [-0.39, 0.29) is 0 Å². The Morgan fingerprint density at radius 3 is 2.87 bits per heavy atom. The lowest BCUT2D eigenvalue weighted by Gasteiger charge is -2.23. The summed E-state index contributed by atoms with van der Waals surface area (Å²) in [7, 11) is 0. The number of halogens is 1. The van der Waals surface area contributed by atoms with Crippen LogP contribution in [-0.2, 0) is 0 Å². The molecular weight excluding hydrogens is 254 g/mol. The summed E-state index contributed by atoms with van der Waals surface area (Å²) >= 11 is 3.51. The van der Waals surface area contributed by atoms with Gasteiger partial charge >= 0.3 is 0 Å². The largest absolute Gasteiger partial charge is 0.354 e. The topological polar surface area (TPSA) is 42.1 Å². The van der Waals surface area contributed by atoms with Crippen LogP contribution in [0.2, 0.25) is 0 Å². The summed E-state index contributed by atoms with van der Waals surface area (Å²) in [6.45, 7) is 4.72. The zero-order valence-corrected chi connectivity index (χ0v) is 10.7. The molecule has 0 aromatic carbocycles. The number of nitrogens with two attached hydrogens (primary N) is 1. The molecule has 0 saturated heterocycles. The molecule has 0 saturated carbocycles. The summed E-state index contributed by atoms with van der Waals surface area (Å²) in [6, 6.07) is 3.94. The first-order valence-electron chi connectivity index (χ1n) is 5.35. The Bertz CT molecular complexity index is 291. The standard InChI is InChI=1S/C11H18BrN3/c1-2-3-8-15(9-6-13)11-10(12)5-4-7-14-11/h4-5,7H,2-3,6,8-9,13H2,1H3. The third-order valence-electron chi connectivity index (χ3n) is 2.22. The van der Waals surface area contributed by atoms with Gasteiger partial charge in [-0.05, 0) is 34.5 Å². The number of anilines is 1. The Kier molecular flexibility index (Phi) is 5.65. The molecule has 0 unspecified atom stereocenters. The van der Waals surface area contributed by atoms with Crippen molar-refractivity contribution >= 4 is 21.7 Å². The van der Waals surface area contributed by atoms with Gasteiger partial charge in [0.05, 0.1) is 4.47 Å². The smallest absolute Gasteiger partial charge is 0.142 e. The van der Waals surface area contributed by atoms with E-state index in [0.717, 1.165) is 23.4 Å². The molecule has 0 bridgehead atoms. The number of hydrogen-bond acceptors (Lipinski definition) is 3. The van der Waals surface area contributed by atoms with E-state index in [1.807, 2.05) is 18.3 Å². The molecule has 1 heterocycles. The fraction of sp³-hybridized carbons (Fsp3) is 0.545. The predicted molar refractivity (Wildman–Crippen MR) is 68.1 cm³/mol. The summed E-state index contributed by atoms with van der Waals surface area (Å²) in [6.07, 6.45) is 4.17. The van der Waals surface area contributed by atoms with Gasteiger partial charge in [-0.15, -0.1) is 0 Å². The van der Waals surface area contributed by atoms with Crippen LogP contribution in [0.4, 0.5) is 5.82 Å². The molecule has 0 spiro atoms. The van der Waals surface area contributed by atoms with Crippen LogP contribution >= 0.6 is 15.9 Å². The van der Waals surface area contributed by atoms with Gasteiger partial charge in [0.2, 0.25) is 0 Å². The average Bonchev–Trinajstić information content (AvgIpc) is 2.25. The maximum absolute atomic E-state index is 5.60. The lowest BCUT2D eigenvalue weighted by atomic mass is 10.3. The van der Waals surface area contributed by atoms with Crippen molar-refractivity contribution in [1.29, 1.82) is 0 Å². The van der Waals surface area contributed by atoms with Crippen molar-refractivity contribution in [1.82, 2.24) is 4.98 Å². The van der Waals surface area contributed by atoms with E-state index in [0.29, 0.717) is 6.54 Å². The highest BCUT2D eigenvalue weighted by molar-refractivity contribution is 9.10. The highest BCUT2D eigenvalue weighted by Gasteiger charge is 2.09. The van der Waals surface area contributed by atoms with Crippen molar-refractivity contribution in [2.45, 2.75) is 19.8 Å². The first-order chi connectivity index (χ1) is 7.29. The third kappa shape index (κ3) is 3.80. The Morgan fingerprint density at radius 2 is 2.27 bits per heavy atom. The molecule has 0 fully saturated rings. The van der Waals surface area contributed by atoms with Gasteiger partial charge in [0, 0.05) is 25.8 Å². The predicted octanol–water partition coefficient (Wildman–Crippen LogP) is 2.41. The molecule has 84 valence electrons. The molecule has 0 radical (unpaired) electrons. The number of aromatic nitrogens is 1. The number of unbranched alkanes of at least 4 members (excludes halogenated alkanes) is 1. The fourth-order valence-corrected chi connectivity index (χ4v) is 1.94. The van der Waals surface area contributed by atoms with E-state index >= 15 is 0 Å². The van der Waals surface area contributed by atoms with E-state index in [2.05, 4.69) is 32.7 Å². The number of rotatable bonds is 6. The first-order valence-corrected chi connectivity index (χ1v) is 6.14. The molecule has 0 aliphatic rings. The van der Waals surface area contributed by atoms with E-state index in [9.17, 15) is 0 Å². The minimum Gasteiger partial charge on any atom is -0.354 e. The average molecular weight is 272 g/mol. The van der Waals surface area contributed by atoms with Crippen molar-refractivity contribution in [3.63, 3.8) is 0 Å². The van der Waals surface area contributed by atoms with Gasteiger partial charge in [0.1, 0.15) is 5.82 Å². The first kappa shape index (κ1) is 12.5. The van der Waals surface area contributed by atoms with Gasteiger partial charge in [-0.1, -0.05) is 13.3 Å². The molecule has 0 amide bonds. The molecule has 1 aromatic heterocycles. The number of pyridine rings is 1. The van der Waals surface area contributed by atoms with Crippen LogP contribution in [0.3, 0.4) is 0 Å². The van der Waals surface area contributed by atoms with Crippen LogP contribution < -0.4 is 10.6 Å². The van der Waals surface area contributed by atoms with E-state index in [1.165, 1.54) is 12.8 Å². The molecule has 3 nitrogen and oxygen atoms in total. The van der Waals surface area contributed by atoms with Gasteiger partial charge in [0.15, 0.2) is 0 Å². The molecule has 0 aliphatic carbocycles. The lowest BCUT2D eigenvalue weighted by molar-refractivity contribution is 0.706. The third-order valence-corrected chi connectivity index (χ3v) is 2.84. The van der Waals surface area contributed by atoms with Crippen molar-refractivity contribution in [3.8, 4) is 0 Å². The monoisotopic (exact) mass is 271 g/mol. The van der Waals surface area contributed by atoms with Crippen molar-refractivity contribution in [3.05, 3.63) is 22.8 Å². The molecular formula is C11H18BrN3. The van der Waals surface area contributed by atoms with Gasteiger partial charge < -0.3 is 10.6 Å². The minimum absolute atomic E-state index is 0.659. The molecule has 1 rings (SSSR count). The molecule has 0 atom stereocenters. The molecule has 2 N–H and O–H groups in total. The fourth-order valence-electron chi connectivity index (χ4n) is 1.44. The van der Waals surface area contributed by atoms with Gasteiger partial charge in [-0.2, -0.15) is 0 Å². The quantitative estimate of drug-likeness (QED) is 0.864. The second-order valence-corrected chi connectivity index (χ2v) is 4.29. The van der Waals surface area contributed by atoms with Gasteiger partial charge in [-0.3, -0.25) is 0 Å². The van der Waals surface area contributed by atoms with Crippen LogP contribution in [0.25, 0.3) is 0 Å². The summed E-state index contributed by atoms with van der Waals surface area (Å²) in [5.74, 6) is 0.997. The van der Waals surface area contributed by atoms with Crippen LogP contribution in [0.5, 0.6) is 0 Å². The summed E-state index contributed by atoms with van der Waals surface area (Å²) in [5, 5.41) is 0. The Labute approximate surface area is 99.8 Å². The van der Waals surface area contributed by atoms with Crippen LogP contribution in [0.1, 0.15) is 19.8 Å². The van der Waals surface area contributed by atoms with Crippen LogP contribution in [0.15, 0.2) is 22.8 Å². The number of hydrogen-bond donors (Lipinski definition) is 1. The van der Waals surface area contributed by atoms with E-state index in [4.69, 9.17) is 5.73 Å². The highest BCUT2D eigenvalue weighted by Crippen LogP contribution is 2.22. The molecule has 4 heteroatoms. The van der Waals surface area contributed by atoms with Gasteiger partial charge in [-0.25, -0.2) is 4.98 Å². The Balaban J connectivity index is 2.74. The maximum atomic E-state index is 5.60. The van der Waals surface area contributed by atoms with Gasteiger partial charge in [0.25, 0.3) is 0 Å². The zero-order chi connectivity index (χ0) is 11.1. The lowest BCUT2D eigenvalue weighted by Crippen LogP contribution is -2.31. The zero-order valence-electron chi connectivity index (χ0n) is 9.12. The summed E-state index contributed by atoms with van der Waals surface area (Å²) in [4.78, 5) is 6.60. The van der Waals surface area contributed by atoms with Crippen LogP contribution in [0, 0.1) is 0 Å². The highest BCUT2D eigenvalue weighted by atomic mass is 79.9. The Hall–Kier alpha value is -0.610. The normalized spacial score (nSPS) is 10.3. The molecule has 0 aliphatic heterocycles. The van der Waals surface area contributed by atoms with Crippen molar-refractivity contribution in [2.75, 3.05) is 24.5 Å². The number of nitrogens with zero attached hydrogens (tertiary/aromatic N) is 2. The molecule has 1 aromatic rings. The Morgan fingerprint density at radius 1 is 1.47 bits per heavy atom. The maximum Gasteiger partial charge on any atom is 0.142 e.